The summed E-state index contributed by atoms with van der Waals surface area (Å²) in [5.74, 6) is 0. The van der Waals surface area contributed by atoms with Gasteiger partial charge in [-0.3, -0.25) is 10.00 Å². The van der Waals surface area contributed by atoms with Gasteiger partial charge in [0.2, 0.25) is 0 Å². The van der Waals surface area contributed by atoms with Gasteiger partial charge in [0.05, 0.1) is 11.9 Å². The average molecular weight is 241 g/mol. The highest BCUT2D eigenvalue weighted by Crippen LogP contribution is 2.23. The Bertz CT molecular complexity index is 483. The molecule has 1 aromatic heterocycles. The van der Waals surface area contributed by atoms with Gasteiger partial charge in [-0.1, -0.05) is 36.8 Å². The molecule has 2 aromatic rings. The second kappa shape index (κ2) is 5.36. The molecule has 0 aliphatic carbocycles. The molecular formula is C15H19N3. The number of H-pyrrole nitrogens is 1. The summed E-state index contributed by atoms with van der Waals surface area (Å²) in [5, 5.41) is 7.35. The Morgan fingerprint density at radius 1 is 1.06 bits per heavy atom. The van der Waals surface area contributed by atoms with Crippen molar-refractivity contribution in [2.24, 2.45) is 0 Å². The van der Waals surface area contributed by atoms with Crippen LogP contribution in [0.4, 0.5) is 0 Å². The Kier molecular flexibility index (Phi) is 3.42. The van der Waals surface area contributed by atoms with Crippen molar-refractivity contribution < 1.29 is 0 Å². The maximum absolute atomic E-state index is 4.21. The minimum atomic E-state index is 1.01. The van der Waals surface area contributed by atoms with Crippen LogP contribution in [-0.4, -0.2) is 28.2 Å². The Labute approximate surface area is 108 Å². The van der Waals surface area contributed by atoms with E-state index in [9.17, 15) is 0 Å². The highest BCUT2D eigenvalue weighted by molar-refractivity contribution is 5.62. The lowest BCUT2D eigenvalue weighted by Gasteiger charge is -2.26. The van der Waals surface area contributed by atoms with Crippen LogP contribution in [0.2, 0.25) is 0 Å². The first-order valence-electron chi connectivity index (χ1n) is 6.73. The Balaban J connectivity index is 1.79. The number of nitrogens with zero attached hydrogens (tertiary/aromatic N) is 2. The molecule has 18 heavy (non-hydrogen) atoms. The summed E-state index contributed by atoms with van der Waals surface area (Å²) in [4.78, 5) is 2.53. The summed E-state index contributed by atoms with van der Waals surface area (Å²) < 4.78 is 0. The fourth-order valence-electron chi connectivity index (χ4n) is 2.64. The van der Waals surface area contributed by atoms with Gasteiger partial charge in [-0.25, -0.2) is 0 Å². The molecule has 3 heteroatoms. The van der Waals surface area contributed by atoms with E-state index < -0.39 is 0 Å². The molecule has 1 aliphatic heterocycles. The number of hydrogen-bond acceptors (Lipinski definition) is 2. The van der Waals surface area contributed by atoms with E-state index in [0.717, 1.165) is 6.54 Å². The van der Waals surface area contributed by atoms with Crippen LogP contribution in [0.25, 0.3) is 11.3 Å². The molecule has 0 unspecified atom stereocenters. The van der Waals surface area contributed by atoms with Crippen molar-refractivity contribution in [1.82, 2.24) is 15.1 Å². The Morgan fingerprint density at radius 3 is 2.61 bits per heavy atom. The molecule has 1 aromatic carbocycles. The normalized spacial score (nSPS) is 16.9. The summed E-state index contributed by atoms with van der Waals surface area (Å²) in [7, 11) is 0. The second-order valence-corrected chi connectivity index (χ2v) is 4.97. The van der Waals surface area contributed by atoms with Gasteiger partial charge < -0.3 is 0 Å². The van der Waals surface area contributed by atoms with Crippen molar-refractivity contribution in [3.63, 3.8) is 0 Å². The van der Waals surface area contributed by atoms with E-state index in [-0.39, 0.29) is 0 Å². The molecule has 3 nitrogen and oxygen atoms in total. The van der Waals surface area contributed by atoms with E-state index in [2.05, 4.69) is 39.4 Å². The number of benzene rings is 1. The van der Waals surface area contributed by atoms with Crippen LogP contribution in [0.3, 0.4) is 0 Å². The minimum Gasteiger partial charge on any atom is -0.299 e. The lowest BCUT2D eigenvalue weighted by molar-refractivity contribution is 0.221. The smallest absolute Gasteiger partial charge is 0.0695 e. The predicted octanol–water partition coefficient (Wildman–Crippen LogP) is 3.06. The van der Waals surface area contributed by atoms with Crippen molar-refractivity contribution in [1.29, 1.82) is 0 Å². The van der Waals surface area contributed by atoms with E-state index in [1.165, 1.54) is 49.2 Å². The zero-order chi connectivity index (χ0) is 12.2. The summed E-state index contributed by atoms with van der Waals surface area (Å²) >= 11 is 0. The van der Waals surface area contributed by atoms with E-state index in [1.54, 1.807) is 0 Å². The zero-order valence-corrected chi connectivity index (χ0v) is 10.6. The topological polar surface area (TPSA) is 31.9 Å². The fourth-order valence-corrected chi connectivity index (χ4v) is 2.64. The average Bonchev–Trinajstić information content (AvgIpc) is 2.89. The van der Waals surface area contributed by atoms with Gasteiger partial charge in [0.1, 0.15) is 0 Å². The van der Waals surface area contributed by atoms with Crippen molar-refractivity contribution in [2.75, 3.05) is 13.1 Å². The van der Waals surface area contributed by atoms with E-state index in [0.29, 0.717) is 0 Å². The number of likely N-dealkylation sites (tertiary alicyclic amines) is 1. The summed E-state index contributed by atoms with van der Waals surface area (Å²) in [5.41, 5.74) is 3.70. The molecule has 2 heterocycles. The van der Waals surface area contributed by atoms with Crippen LogP contribution in [0.5, 0.6) is 0 Å². The van der Waals surface area contributed by atoms with Crippen LogP contribution in [0.15, 0.2) is 36.5 Å². The quantitative estimate of drug-likeness (QED) is 0.895. The van der Waals surface area contributed by atoms with Crippen LogP contribution < -0.4 is 0 Å². The molecule has 1 N–H and O–H groups in total. The maximum Gasteiger partial charge on any atom is 0.0695 e. The molecule has 94 valence electrons. The standard InChI is InChI=1S/C15H19N3/c1-3-7-13(8-4-1)15-14(11-16-17-15)12-18-9-5-2-6-10-18/h1,3-4,7-8,11H,2,5-6,9-10,12H2,(H,16,17). The fraction of sp³-hybridized carbons (Fsp3) is 0.400. The van der Waals surface area contributed by atoms with Crippen molar-refractivity contribution in [2.45, 2.75) is 25.8 Å². The molecule has 0 bridgehead atoms. The SMILES string of the molecule is c1ccc(-c2[nH]ncc2CN2CCCCC2)cc1. The van der Waals surface area contributed by atoms with Gasteiger partial charge in [0.15, 0.2) is 0 Å². The maximum atomic E-state index is 4.21. The lowest BCUT2D eigenvalue weighted by Crippen LogP contribution is -2.29. The van der Waals surface area contributed by atoms with Crippen molar-refractivity contribution >= 4 is 0 Å². The Morgan fingerprint density at radius 2 is 1.83 bits per heavy atom. The number of aromatic amines is 1. The number of piperidine rings is 1. The lowest BCUT2D eigenvalue weighted by atomic mass is 10.1. The summed E-state index contributed by atoms with van der Waals surface area (Å²) in [6.45, 7) is 3.46. The number of aromatic nitrogens is 2. The van der Waals surface area contributed by atoms with Crippen molar-refractivity contribution in [3.8, 4) is 11.3 Å². The number of hydrogen-bond donors (Lipinski definition) is 1. The van der Waals surface area contributed by atoms with Gasteiger partial charge in [0.25, 0.3) is 0 Å². The molecule has 3 rings (SSSR count). The van der Waals surface area contributed by atoms with Crippen LogP contribution in [0, 0.1) is 0 Å². The van der Waals surface area contributed by atoms with Crippen LogP contribution >= 0.6 is 0 Å². The third-order valence-corrected chi connectivity index (χ3v) is 3.62. The van der Waals surface area contributed by atoms with Gasteiger partial charge in [-0.2, -0.15) is 5.10 Å². The van der Waals surface area contributed by atoms with Crippen molar-refractivity contribution in [3.05, 3.63) is 42.1 Å². The van der Waals surface area contributed by atoms with Gasteiger partial charge in [0, 0.05) is 12.1 Å². The zero-order valence-electron chi connectivity index (χ0n) is 10.6. The largest absolute Gasteiger partial charge is 0.299 e. The third-order valence-electron chi connectivity index (χ3n) is 3.62. The van der Waals surface area contributed by atoms with Gasteiger partial charge in [-0.15, -0.1) is 0 Å². The van der Waals surface area contributed by atoms with E-state index in [1.807, 2.05) is 12.3 Å². The molecule has 0 atom stereocenters. The molecule has 1 saturated heterocycles. The third kappa shape index (κ3) is 2.46. The monoisotopic (exact) mass is 241 g/mol. The van der Waals surface area contributed by atoms with Gasteiger partial charge >= 0.3 is 0 Å². The minimum absolute atomic E-state index is 1.01. The first-order valence-corrected chi connectivity index (χ1v) is 6.73. The molecule has 0 saturated carbocycles. The first-order chi connectivity index (χ1) is 8.93. The number of nitrogens with one attached hydrogen (secondary N) is 1. The summed E-state index contributed by atoms with van der Waals surface area (Å²) in [6, 6.07) is 10.5. The first kappa shape index (κ1) is 11.5. The second-order valence-electron chi connectivity index (χ2n) is 4.97. The highest BCUT2D eigenvalue weighted by atomic mass is 15.1. The van der Waals surface area contributed by atoms with Crippen LogP contribution in [-0.2, 0) is 6.54 Å². The van der Waals surface area contributed by atoms with Gasteiger partial charge in [-0.05, 0) is 31.5 Å². The van der Waals surface area contributed by atoms with Crippen LogP contribution in [0.1, 0.15) is 24.8 Å². The van der Waals surface area contributed by atoms with E-state index >= 15 is 0 Å². The molecule has 0 spiro atoms. The highest BCUT2D eigenvalue weighted by Gasteiger charge is 2.14. The molecule has 1 aliphatic rings. The number of rotatable bonds is 3. The summed E-state index contributed by atoms with van der Waals surface area (Å²) in [6.07, 6.45) is 6.02. The predicted molar refractivity (Wildman–Crippen MR) is 73.2 cm³/mol. The molecule has 0 amide bonds. The molecule has 1 fully saturated rings. The molecular weight excluding hydrogens is 222 g/mol. The van der Waals surface area contributed by atoms with E-state index in [4.69, 9.17) is 0 Å². The molecule has 0 radical (unpaired) electrons. The Hall–Kier alpha value is -1.61.